The van der Waals surface area contributed by atoms with Gasteiger partial charge in [-0.1, -0.05) is 22.9 Å². The highest BCUT2D eigenvalue weighted by Crippen LogP contribution is 2.23. The lowest BCUT2D eigenvalue weighted by Crippen LogP contribution is -2.10. The van der Waals surface area contributed by atoms with Crippen LogP contribution in [0.3, 0.4) is 0 Å². The number of rotatable bonds is 4. The zero-order valence-electron chi connectivity index (χ0n) is 10.1. The summed E-state index contributed by atoms with van der Waals surface area (Å²) in [5.41, 5.74) is 6.79. The Morgan fingerprint density at radius 1 is 1.17 bits per heavy atom. The van der Waals surface area contributed by atoms with E-state index >= 15 is 0 Å². The van der Waals surface area contributed by atoms with Crippen molar-refractivity contribution in [2.75, 3.05) is 0 Å². The monoisotopic (exact) mass is 306 g/mol. The Hall–Kier alpha value is -1.39. The van der Waals surface area contributed by atoms with Gasteiger partial charge in [0.2, 0.25) is 0 Å². The maximum atomic E-state index is 5.91. The summed E-state index contributed by atoms with van der Waals surface area (Å²) in [7, 11) is 0. The van der Waals surface area contributed by atoms with E-state index in [0.717, 1.165) is 22.3 Å². The summed E-state index contributed by atoms with van der Waals surface area (Å²) < 4.78 is 6.70. The molecule has 0 amide bonds. The number of hydrogen-bond donors (Lipinski definition) is 1. The van der Waals surface area contributed by atoms with Gasteiger partial charge in [-0.15, -0.1) is 0 Å². The van der Waals surface area contributed by atoms with E-state index < -0.39 is 0 Å². The van der Waals surface area contributed by atoms with Crippen LogP contribution in [0.1, 0.15) is 25.1 Å². The van der Waals surface area contributed by atoms with E-state index in [0.29, 0.717) is 5.75 Å². The van der Waals surface area contributed by atoms with Crippen molar-refractivity contribution in [2.24, 2.45) is 5.73 Å². The molecule has 1 heterocycles. The molecule has 3 nitrogen and oxygen atoms in total. The van der Waals surface area contributed by atoms with Crippen LogP contribution in [0.15, 0.2) is 47.1 Å². The fourth-order valence-electron chi connectivity index (χ4n) is 1.52. The second-order valence-electron chi connectivity index (χ2n) is 3.99. The van der Waals surface area contributed by atoms with Crippen LogP contribution in [-0.4, -0.2) is 4.98 Å². The van der Waals surface area contributed by atoms with Gasteiger partial charge in [0.15, 0.2) is 0 Å². The Kier molecular flexibility index (Phi) is 4.33. The second kappa shape index (κ2) is 5.98. The van der Waals surface area contributed by atoms with Gasteiger partial charge in [-0.2, -0.15) is 0 Å². The van der Waals surface area contributed by atoms with Gasteiger partial charge in [-0.05, 0) is 42.8 Å². The summed E-state index contributed by atoms with van der Waals surface area (Å²) >= 11 is 3.38. The van der Waals surface area contributed by atoms with Crippen molar-refractivity contribution in [1.82, 2.24) is 4.98 Å². The van der Waals surface area contributed by atoms with E-state index in [1.807, 2.05) is 43.3 Å². The summed E-state index contributed by atoms with van der Waals surface area (Å²) in [4.78, 5) is 4.30. The van der Waals surface area contributed by atoms with Crippen molar-refractivity contribution in [3.63, 3.8) is 0 Å². The number of nitrogens with zero attached hydrogens (tertiary/aromatic N) is 1. The number of nitrogens with two attached hydrogens (primary N) is 1. The molecule has 18 heavy (non-hydrogen) atoms. The Balaban J connectivity index is 2.08. The van der Waals surface area contributed by atoms with Gasteiger partial charge < -0.3 is 10.5 Å². The quantitative estimate of drug-likeness (QED) is 0.927. The Labute approximate surface area is 115 Å². The summed E-state index contributed by atoms with van der Waals surface area (Å²) in [6.07, 6.45) is 2.58. The van der Waals surface area contributed by atoms with Gasteiger partial charge in [-0.3, -0.25) is 4.98 Å². The third-order valence-corrected chi connectivity index (χ3v) is 3.16. The molecule has 0 radical (unpaired) electrons. The van der Waals surface area contributed by atoms with E-state index in [-0.39, 0.29) is 6.04 Å². The van der Waals surface area contributed by atoms with E-state index in [2.05, 4.69) is 20.9 Å². The van der Waals surface area contributed by atoms with Crippen LogP contribution in [0.2, 0.25) is 0 Å². The predicted molar refractivity (Wildman–Crippen MR) is 75.7 cm³/mol. The van der Waals surface area contributed by atoms with Crippen LogP contribution in [0, 0.1) is 0 Å². The molecule has 94 valence electrons. The largest absolute Gasteiger partial charge is 0.456 e. The Morgan fingerprint density at radius 2 is 1.83 bits per heavy atom. The van der Waals surface area contributed by atoms with Crippen molar-refractivity contribution >= 4 is 15.9 Å². The van der Waals surface area contributed by atoms with E-state index in [1.54, 1.807) is 6.20 Å². The highest BCUT2D eigenvalue weighted by Gasteiger charge is 2.05. The Bertz CT molecular complexity index is 496. The number of benzene rings is 1. The number of ether oxygens (including phenoxy) is 1. The highest BCUT2D eigenvalue weighted by molar-refractivity contribution is 9.10. The minimum Gasteiger partial charge on any atom is -0.456 e. The van der Waals surface area contributed by atoms with Crippen molar-refractivity contribution < 1.29 is 4.74 Å². The van der Waals surface area contributed by atoms with Crippen LogP contribution in [0.4, 0.5) is 0 Å². The summed E-state index contributed by atoms with van der Waals surface area (Å²) in [6, 6.07) is 11.5. The fraction of sp³-hybridized carbons (Fsp3) is 0.214. The summed E-state index contributed by atoms with van der Waals surface area (Å²) in [5, 5.41) is 0. The molecule has 1 aromatic carbocycles. The zero-order chi connectivity index (χ0) is 13.0. The van der Waals surface area contributed by atoms with Crippen LogP contribution in [-0.2, 0) is 0 Å². The van der Waals surface area contributed by atoms with Gasteiger partial charge >= 0.3 is 0 Å². The molecule has 0 spiro atoms. The molecule has 0 bridgehead atoms. The molecule has 0 fully saturated rings. The third kappa shape index (κ3) is 3.31. The van der Waals surface area contributed by atoms with Crippen molar-refractivity contribution in [3.05, 3.63) is 52.8 Å². The second-order valence-corrected chi connectivity index (χ2v) is 4.91. The molecule has 2 rings (SSSR count). The third-order valence-electron chi connectivity index (χ3n) is 2.63. The van der Waals surface area contributed by atoms with Gasteiger partial charge in [0.1, 0.15) is 11.5 Å². The molecule has 0 aliphatic carbocycles. The first kappa shape index (κ1) is 13.1. The van der Waals surface area contributed by atoms with Crippen LogP contribution in [0.5, 0.6) is 11.5 Å². The molecule has 0 aliphatic heterocycles. The molecular formula is C14H15BrN2O. The topological polar surface area (TPSA) is 48.1 Å². The fourth-order valence-corrected chi connectivity index (χ4v) is 1.78. The van der Waals surface area contributed by atoms with Crippen molar-refractivity contribution in [2.45, 2.75) is 19.4 Å². The first-order valence-electron chi connectivity index (χ1n) is 5.84. The number of halogens is 1. The zero-order valence-corrected chi connectivity index (χ0v) is 11.7. The van der Waals surface area contributed by atoms with Gasteiger partial charge in [0.25, 0.3) is 0 Å². The molecule has 1 aromatic heterocycles. The smallest absolute Gasteiger partial charge is 0.145 e. The van der Waals surface area contributed by atoms with Crippen LogP contribution in [0.25, 0.3) is 0 Å². The van der Waals surface area contributed by atoms with E-state index in [4.69, 9.17) is 10.5 Å². The lowest BCUT2D eigenvalue weighted by atomic mass is 10.1. The standard InChI is InChI=1S/C14H15BrN2O/c1-2-13(16)14-8-7-12(9-17-14)18-11-5-3-10(15)4-6-11/h3-9,13H,2,16H2,1H3. The maximum Gasteiger partial charge on any atom is 0.145 e. The Morgan fingerprint density at radius 3 is 2.39 bits per heavy atom. The molecule has 0 saturated carbocycles. The minimum absolute atomic E-state index is 0.00766. The lowest BCUT2D eigenvalue weighted by molar-refractivity contribution is 0.479. The molecule has 1 atom stereocenters. The van der Waals surface area contributed by atoms with Gasteiger partial charge in [0.05, 0.1) is 11.9 Å². The maximum absolute atomic E-state index is 5.91. The van der Waals surface area contributed by atoms with Crippen LogP contribution < -0.4 is 10.5 Å². The summed E-state index contributed by atoms with van der Waals surface area (Å²) in [6.45, 7) is 2.04. The summed E-state index contributed by atoms with van der Waals surface area (Å²) in [5.74, 6) is 1.50. The average Bonchev–Trinajstić information content (AvgIpc) is 2.41. The van der Waals surface area contributed by atoms with E-state index in [9.17, 15) is 0 Å². The number of aromatic nitrogens is 1. The minimum atomic E-state index is -0.00766. The van der Waals surface area contributed by atoms with Gasteiger partial charge in [-0.25, -0.2) is 0 Å². The average molecular weight is 307 g/mol. The normalized spacial score (nSPS) is 12.2. The first-order chi connectivity index (χ1) is 8.69. The number of hydrogen-bond acceptors (Lipinski definition) is 3. The molecular weight excluding hydrogens is 292 g/mol. The lowest BCUT2D eigenvalue weighted by Gasteiger charge is -2.09. The van der Waals surface area contributed by atoms with E-state index in [1.165, 1.54) is 0 Å². The first-order valence-corrected chi connectivity index (χ1v) is 6.63. The SMILES string of the molecule is CCC(N)c1ccc(Oc2ccc(Br)cc2)cn1. The molecule has 2 aromatic rings. The van der Waals surface area contributed by atoms with Crippen molar-refractivity contribution in [1.29, 1.82) is 0 Å². The molecule has 2 N–H and O–H groups in total. The van der Waals surface area contributed by atoms with Crippen molar-refractivity contribution in [3.8, 4) is 11.5 Å². The molecule has 1 unspecified atom stereocenters. The van der Waals surface area contributed by atoms with Gasteiger partial charge in [0, 0.05) is 10.5 Å². The molecule has 4 heteroatoms. The molecule has 0 saturated heterocycles. The highest BCUT2D eigenvalue weighted by atomic mass is 79.9. The van der Waals surface area contributed by atoms with Crippen LogP contribution >= 0.6 is 15.9 Å². The number of pyridine rings is 1. The molecule has 0 aliphatic rings. The predicted octanol–water partition coefficient (Wildman–Crippen LogP) is 4.05.